The summed E-state index contributed by atoms with van der Waals surface area (Å²) in [5.74, 6) is -3.92. The molecule has 1 saturated carbocycles. The van der Waals surface area contributed by atoms with Crippen molar-refractivity contribution < 1.29 is 27.9 Å². The molecular formula is C13H20F3NO3. The van der Waals surface area contributed by atoms with Gasteiger partial charge in [-0.25, -0.2) is 4.79 Å². The summed E-state index contributed by atoms with van der Waals surface area (Å²) in [6.45, 7) is 1.78. The van der Waals surface area contributed by atoms with Crippen LogP contribution in [0, 0.1) is 11.8 Å². The zero-order valence-electron chi connectivity index (χ0n) is 11.4. The lowest BCUT2D eigenvalue weighted by Gasteiger charge is -2.30. The van der Waals surface area contributed by atoms with Crippen molar-refractivity contribution in [2.45, 2.75) is 57.7 Å². The van der Waals surface area contributed by atoms with E-state index < -0.39 is 35.9 Å². The first-order valence-corrected chi connectivity index (χ1v) is 6.85. The predicted molar refractivity (Wildman–Crippen MR) is 66.0 cm³/mol. The third-order valence-electron chi connectivity index (χ3n) is 3.70. The summed E-state index contributed by atoms with van der Waals surface area (Å²) in [7, 11) is 0. The number of aliphatic carboxylic acids is 1. The standard InChI is InChI=1S/C13H20F3NO3/c1-2-4-10(12(19)20)17-11(18)8-5-3-6-9(7-8)13(14,15)16/h8-10H,2-7H2,1H3,(H,17,18)(H,19,20). The van der Waals surface area contributed by atoms with E-state index in [4.69, 9.17) is 5.11 Å². The van der Waals surface area contributed by atoms with E-state index in [2.05, 4.69) is 5.32 Å². The van der Waals surface area contributed by atoms with Crippen molar-refractivity contribution in [1.82, 2.24) is 5.32 Å². The van der Waals surface area contributed by atoms with Crippen LogP contribution in [0.2, 0.25) is 0 Å². The molecule has 1 aliphatic rings. The van der Waals surface area contributed by atoms with Gasteiger partial charge in [-0.1, -0.05) is 19.8 Å². The molecule has 1 rings (SSSR count). The number of halogens is 3. The van der Waals surface area contributed by atoms with Gasteiger partial charge in [-0.15, -0.1) is 0 Å². The molecule has 0 saturated heterocycles. The van der Waals surface area contributed by atoms with Crippen molar-refractivity contribution in [2.75, 3.05) is 0 Å². The molecule has 0 spiro atoms. The van der Waals surface area contributed by atoms with E-state index in [9.17, 15) is 22.8 Å². The molecule has 4 nitrogen and oxygen atoms in total. The van der Waals surface area contributed by atoms with Gasteiger partial charge in [0.2, 0.25) is 5.91 Å². The number of nitrogens with one attached hydrogen (secondary N) is 1. The van der Waals surface area contributed by atoms with Gasteiger partial charge in [0.05, 0.1) is 5.92 Å². The maximum Gasteiger partial charge on any atom is 0.391 e. The second kappa shape index (κ2) is 6.95. The van der Waals surface area contributed by atoms with E-state index in [1.54, 1.807) is 6.92 Å². The number of carbonyl (C=O) groups excluding carboxylic acids is 1. The van der Waals surface area contributed by atoms with Crippen LogP contribution in [-0.2, 0) is 9.59 Å². The van der Waals surface area contributed by atoms with Gasteiger partial charge in [0.15, 0.2) is 0 Å². The summed E-state index contributed by atoms with van der Waals surface area (Å²) in [6.07, 6.45) is -2.90. The zero-order chi connectivity index (χ0) is 15.3. The summed E-state index contributed by atoms with van der Waals surface area (Å²) in [6, 6.07) is -1.02. The van der Waals surface area contributed by atoms with E-state index >= 15 is 0 Å². The lowest BCUT2D eigenvalue weighted by molar-refractivity contribution is -0.186. The Hall–Kier alpha value is -1.27. The molecule has 0 aromatic carbocycles. The molecule has 20 heavy (non-hydrogen) atoms. The number of carboxylic acid groups (broad SMARTS) is 1. The highest BCUT2D eigenvalue weighted by Crippen LogP contribution is 2.39. The Bertz CT molecular complexity index is 357. The van der Waals surface area contributed by atoms with Gasteiger partial charge in [-0.3, -0.25) is 4.79 Å². The highest BCUT2D eigenvalue weighted by Gasteiger charge is 2.43. The number of hydrogen-bond acceptors (Lipinski definition) is 2. The molecular weight excluding hydrogens is 275 g/mol. The van der Waals surface area contributed by atoms with Crippen LogP contribution < -0.4 is 5.32 Å². The number of rotatable bonds is 5. The molecule has 0 bridgehead atoms. The fourth-order valence-electron chi connectivity index (χ4n) is 2.56. The molecule has 1 aliphatic carbocycles. The normalized spacial score (nSPS) is 25.0. The molecule has 0 aromatic rings. The van der Waals surface area contributed by atoms with Crippen molar-refractivity contribution in [3.05, 3.63) is 0 Å². The summed E-state index contributed by atoms with van der Waals surface area (Å²) >= 11 is 0. The maximum atomic E-state index is 12.7. The highest BCUT2D eigenvalue weighted by atomic mass is 19.4. The highest BCUT2D eigenvalue weighted by molar-refractivity contribution is 5.85. The van der Waals surface area contributed by atoms with Crippen LogP contribution in [0.1, 0.15) is 45.4 Å². The van der Waals surface area contributed by atoms with Gasteiger partial charge < -0.3 is 10.4 Å². The monoisotopic (exact) mass is 295 g/mol. The number of hydrogen-bond donors (Lipinski definition) is 2. The molecule has 2 N–H and O–H groups in total. The quantitative estimate of drug-likeness (QED) is 0.819. The van der Waals surface area contributed by atoms with Crippen LogP contribution in [0.25, 0.3) is 0 Å². The Kier molecular flexibility index (Phi) is 5.83. The first-order valence-electron chi connectivity index (χ1n) is 6.85. The fourth-order valence-corrected chi connectivity index (χ4v) is 2.56. The van der Waals surface area contributed by atoms with Gasteiger partial charge in [0.1, 0.15) is 6.04 Å². The third kappa shape index (κ3) is 4.68. The summed E-state index contributed by atoms with van der Waals surface area (Å²) in [4.78, 5) is 22.9. The minimum Gasteiger partial charge on any atom is -0.480 e. The Morgan fingerprint density at radius 3 is 2.50 bits per heavy atom. The largest absolute Gasteiger partial charge is 0.480 e. The number of amides is 1. The molecule has 0 aliphatic heterocycles. The van der Waals surface area contributed by atoms with Crippen LogP contribution in [0.15, 0.2) is 0 Å². The average molecular weight is 295 g/mol. The zero-order valence-corrected chi connectivity index (χ0v) is 11.4. The number of carbonyl (C=O) groups is 2. The van der Waals surface area contributed by atoms with Gasteiger partial charge in [-0.05, 0) is 25.7 Å². The Morgan fingerprint density at radius 1 is 1.35 bits per heavy atom. The van der Waals surface area contributed by atoms with Gasteiger partial charge in [0, 0.05) is 5.92 Å². The average Bonchev–Trinajstić information content (AvgIpc) is 2.37. The maximum absolute atomic E-state index is 12.7. The summed E-state index contributed by atoms with van der Waals surface area (Å²) < 4.78 is 38.0. The molecule has 0 aromatic heterocycles. The van der Waals surface area contributed by atoms with Gasteiger partial charge in [-0.2, -0.15) is 13.2 Å². The molecule has 1 fully saturated rings. The van der Waals surface area contributed by atoms with E-state index in [1.807, 2.05) is 0 Å². The van der Waals surface area contributed by atoms with Crippen LogP contribution in [0.5, 0.6) is 0 Å². The van der Waals surface area contributed by atoms with Crippen LogP contribution in [-0.4, -0.2) is 29.2 Å². The minimum absolute atomic E-state index is 0.0462. The topological polar surface area (TPSA) is 66.4 Å². The molecule has 1 amide bonds. The number of alkyl halides is 3. The fraction of sp³-hybridized carbons (Fsp3) is 0.846. The van der Waals surface area contributed by atoms with E-state index in [1.165, 1.54) is 0 Å². The second-order valence-electron chi connectivity index (χ2n) is 5.29. The van der Waals surface area contributed by atoms with Gasteiger partial charge in [0.25, 0.3) is 0 Å². The number of carboxylic acids is 1. The van der Waals surface area contributed by atoms with E-state index in [-0.39, 0.29) is 19.3 Å². The van der Waals surface area contributed by atoms with Crippen molar-refractivity contribution in [1.29, 1.82) is 0 Å². The first kappa shape index (κ1) is 16.8. The minimum atomic E-state index is -4.28. The second-order valence-corrected chi connectivity index (χ2v) is 5.29. The molecule has 116 valence electrons. The summed E-state index contributed by atoms with van der Waals surface area (Å²) in [5, 5.41) is 11.3. The predicted octanol–water partition coefficient (Wildman–Crippen LogP) is 2.72. The Balaban J connectivity index is 2.60. The first-order chi connectivity index (χ1) is 9.25. The van der Waals surface area contributed by atoms with Crippen molar-refractivity contribution >= 4 is 11.9 Å². The van der Waals surface area contributed by atoms with Crippen molar-refractivity contribution in [3.63, 3.8) is 0 Å². The van der Waals surface area contributed by atoms with Crippen LogP contribution >= 0.6 is 0 Å². The van der Waals surface area contributed by atoms with E-state index in [0.29, 0.717) is 19.3 Å². The van der Waals surface area contributed by atoms with E-state index in [0.717, 1.165) is 0 Å². The third-order valence-corrected chi connectivity index (χ3v) is 3.70. The smallest absolute Gasteiger partial charge is 0.391 e. The summed E-state index contributed by atoms with van der Waals surface area (Å²) in [5.41, 5.74) is 0. The lowest BCUT2D eigenvalue weighted by Crippen LogP contribution is -2.45. The lowest BCUT2D eigenvalue weighted by atomic mass is 9.80. The molecule has 0 radical (unpaired) electrons. The van der Waals surface area contributed by atoms with Crippen LogP contribution in [0.3, 0.4) is 0 Å². The van der Waals surface area contributed by atoms with Crippen molar-refractivity contribution in [3.8, 4) is 0 Å². The Morgan fingerprint density at radius 2 is 2.00 bits per heavy atom. The SMILES string of the molecule is CCCC(NC(=O)C1CCCC(C(F)(F)F)C1)C(=O)O. The van der Waals surface area contributed by atoms with Crippen LogP contribution in [0.4, 0.5) is 13.2 Å². The van der Waals surface area contributed by atoms with Crippen molar-refractivity contribution in [2.24, 2.45) is 11.8 Å². The molecule has 3 atom stereocenters. The molecule has 0 heterocycles. The van der Waals surface area contributed by atoms with Gasteiger partial charge >= 0.3 is 12.1 Å². The molecule has 7 heteroatoms. The Labute approximate surface area is 115 Å². The molecule has 3 unspecified atom stereocenters.